The number of rotatable bonds is 4. The highest BCUT2D eigenvalue weighted by atomic mass is 32.2. The fourth-order valence-electron chi connectivity index (χ4n) is 1.45. The molecule has 2 aromatic rings. The fraction of sp³-hybridized carbons (Fsp3) is 0.429. The second-order valence-electron chi connectivity index (χ2n) is 5.55. The fourth-order valence-corrected chi connectivity index (χ4v) is 2.74. The van der Waals surface area contributed by atoms with Crippen molar-refractivity contribution in [2.75, 3.05) is 7.11 Å². The summed E-state index contributed by atoms with van der Waals surface area (Å²) in [5.41, 5.74) is 1.44. The molecular formula is C14H18N4O2S2. The molecule has 2 rings (SSSR count). The van der Waals surface area contributed by atoms with Crippen LogP contribution in [0.15, 0.2) is 22.7 Å². The number of ether oxygens (including phenoxy) is 1. The average molecular weight is 338 g/mol. The van der Waals surface area contributed by atoms with Gasteiger partial charge in [-0.05, 0) is 45.3 Å². The lowest BCUT2D eigenvalue weighted by molar-refractivity contribution is 0.398. The van der Waals surface area contributed by atoms with Gasteiger partial charge in [0.15, 0.2) is 10.8 Å². The summed E-state index contributed by atoms with van der Waals surface area (Å²) >= 11 is -0.0804. The van der Waals surface area contributed by atoms with Gasteiger partial charge in [-0.15, -0.1) is 0 Å². The number of nitrogens with zero attached hydrogens (tertiary/aromatic N) is 4. The zero-order valence-corrected chi connectivity index (χ0v) is 14.8. The van der Waals surface area contributed by atoms with E-state index in [9.17, 15) is 4.55 Å². The zero-order valence-electron chi connectivity index (χ0n) is 13.2. The minimum Gasteiger partial charge on any atom is -0.591 e. The average Bonchev–Trinajstić information content (AvgIpc) is 2.96. The maximum atomic E-state index is 12.1. The lowest BCUT2D eigenvalue weighted by Crippen LogP contribution is -2.26. The van der Waals surface area contributed by atoms with Crippen LogP contribution < -0.4 is 4.74 Å². The highest BCUT2D eigenvalue weighted by Gasteiger charge is 2.27. The van der Waals surface area contributed by atoms with Crippen LogP contribution >= 0.6 is 11.5 Å². The van der Waals surface area contributed by atoms with Crippen molar-refractivity contribution in [3.63, 3.8) is 0 Å². The Hall–Kier alpha value is -1.51. The van der Waals surface area contributed by atoms with Crippen molar-refractivity contribution in [3.05, 3.63) is 23.3 Å². The molecule has 0 spiro atoms. The molecule has 6 nitrogen and oxygen atoms in total. The predicted molar refractivity (Wildman–Crippen MR) is 89.8 cm³/mol. The Kier molecular flexibility index (Phi) is 5.15. The molecule has 0 saturated heterocycles. The highest BCUT2D eigenvalue weighted by Crippen LogP contribution is 2.23. The van der Waals surface area contributed by atoms with E-state index in [1.165, 1.54) is 11.5 Å². The molecule has 22 heavy (non-hydrogen) atoms. The third-order valence-electron chi connectivity index (χ3n) is 2.68. The van der Waals surface area contributed by atoms with Gasteiger partial charge in [0.2, 0.25) is 5.88 Å². The third kappa shape index (κ3) is 4.02. The highest BCUT2D eigenvalue weighted by molar-refractivity contribution is 7.91. The van der Waals surface area contributed by atoms with Crippen molar-refractivity contribution in [2.24, 2.45) is 4.40 Å². The first-order valence-corrected chi connectivity index (χ1v) is 8.51. The van der Waals surface area contributed by atoms with Gasteiger partial charge in [0.25, 0.3) is 0 Å². The van der Waals surface area contributed by atoms with Crippen LogP contribution in [0.1, 0.15) is 32.7 Å². The number of hydrogen-bond donors (Lipinski definition) is 0. The molecule has 0 saturated carbocycles. The van der Waals surface area contributed by atoms with Gasteiger partial charge < -0.3 is 9.29 Å². The number of hydrogen-bond acceptors (Lipinski definition) is 7. The van der Waals surface area contributed by atoms with Gasteiger partial charge in [-0.2, -0.15) is 4.37 Å². The van der Waals surface area contributed by atoms with Gasteiger partial charge in [-0.1, -0.05) is 4.40 Å². The Balaban J connectivity index is 2.26. The van der Waals surface area contributed by atoms with Gasteiger partial charge >= 0.3 is 0 Å². The maximum absolute atomic E-state index is 12.1. The molecule has 0 unspecified atom stereocenters. The molecule has 0 aliphatic rings. The zero-order chi connectivity index (χ0) is 16.3. The van der Waals surface area contributed by atoms with E-state index in [1.54, 1.807) is 26.3 Å². The van der Waals surface area contributed by atoms with Crippen LogP contribution in [0.2, 0.25) is 0 Å². The Bertz CT molecular complexity index is 679. The van der Waals surface area contributed by atoms with Gasteiger partial charge in [0.1, 0.15) is 21.8 Å². The van der Waals surface area contributed by atoms with Crippen LogP contribution in [0.25, 0.3) is 11.4 Å². The van der Waals surface area contributed by atoms with Crippen molar-refractivity contribution < 1.29 is 9.29 Å². The smallest absolute Gasteiger partial charge is 0.213 e. The van der Waals surface area contributed by atoms with Crippen molar-refractivity contribution in [1.82, 2.24) is 14.3 Å². The standard InChI is InChI=1S/C14H18N4O2S2/c1-9(18-22(19)14(2,3)4)13-16-12(17-21-13)10-6-7-15-11(8-10)20-5/h6-8H,1-5H3/b18-9+/t22-/m1/s1. The van der Waals surface area contributed by atoms with Gasteiger partial charge in [0, 0.05) is 17.8 Å². The van der Waals surface area contributed by atoms with E-state index >= 15 is 0 Å². The van der Waals surface area contributed by atoms with Crippen LogP contribution in [-0.2, 0) is 11.4 Å². The summed E-state index contributed by atoms with van der Waals surface area (Å²) in [6.07, 6.45) is 1.64. The van der Waals surface area contributed by atoms with Crippen molar-refractivity contribution in [2.45, 2.75) is 32.4 Å². The molecule has 0 aromatic carbocycles. The van der Waals surface area contributed by atoms with Crippen LogP contribution in [0.5, 0.6) is 5.88 Å². The number of aromatic nitrogens is 3. The molecule has 0 N–H and O–H groups in total. The van der Waals surface area contributed by atoms with Crippen molar-refractivity contribution in [1.29, 1.82) is 0 Å². The molecule has 1 atom stereocenters. The van der Waals surface area contributed by atoms with Crippen molar-refractivity contribution in [3.8, 4) is 17.3 Å². The molecule has 8 heteroatoms. The molecular weight excluding hydrogens is 320 g/mol. The van der Waals surface area contributed by atoms with Crippen LogP contribution in [0, 0.1) is 0 Å². The van der Waals surface area contributed by atoms with E-state index in [0.29, 0.717) is 22.4 Å². The van der Waals surface area contributed by atoms with Gasteiger partial charge in [-0.25, -0.2) is 9.97 Å². The van der Waals surface area contributed by atoms with E-state index in [0.717, 1.165) is 5.56 Å². The first-order chi connectivity index (χ1) is 10.3. The largest absolute Gasteiger partial charge is 0.591 e. The van der Waals surface area contributed by atoms with E-state index in [2.05, 4.69) is 18.7 Å². The summed E-state index contributed by atoms with van der Waals surface area (Å²) in [4.78, 5) is 8.50. The van der Waals surface area contributed by atoms with E-state index in [4.69, 9.17) is 4.74 Å². The quantitative estimate of drug-likeness (QED) is 0.632. The Morgan fingerprint density at radius 2 is 2.14 bits per heavy atom. The van der Waals surface area contributed by atoms with E-state index in [1.807, 2.05) is 26.8 Å². The second kappa shape index (κ2) is 6.72. The van der Waals surface area contributed by atoms with Gasteiger partial charge in [-0.3, -0.25) is 0 Å². The summed E-state index contributed by atoms with van der Waals surface area (Å²) in [5, 5.41) is 0.656. The molecule has 0 aliphatic carbocycles. The normalized spacial score (nSPS) is 14.0. The SMILES string of the molecule is COc1cc(-c2nsc(/C(C)=N/[S@+]([O-])C(C)(C)C)n2)ccn1. The summed E-state index contributed by atoms with van der Waals surface area (Å²) in [7, 11) is 1.56. The lowest BCUT2D eigenvalue weighted by Gasteiger charge is -2.18. The number of pyridine rings is 1. The Morgan fingerprint density at radius 3 is 2.77 bits per heavy atom. The molecule has 118 valence electrons. The summed E-state index contributed by atoms with van der Waals surface area (Å²) in [6, 6.07) is 3.58. The molecule has 0 bridgehead atoms. The van der Waals surface area contributed by atoms with E-state index < -0.39 is 16.1 Å². The first kappa shape index (κ1) is 16.9. The molecule has 0 amide bonds. The first-order valence-electron chi connectivity index (χ1n) is 6.63. The maximum Gasteiger partial charge on any atom is 0.213 e. The van der Waals surface area contributed by atoms with Crippen molar-refractivity contribution >= 4 is 28.6 Å². The minimum atomic E-state index is -1.31. The Labute approximate surface area is 137 Å². The Morgan fingerprint density at radius 1 is 1.41 bits per heavy atom. The topological polar surface area (TPSA) is 83.3 Å². The van der Waals surface area contributed by atoms with Crippen LogP contribution in [0.4, 0.5) is 0 Å². The second-order valence-corrected chi connectivity index (χ2v) is 8.21. The summed E-state index contributed by atoms with van der Waals surface area (Å²) in [6.45, 7) is 7.44. The molecule has 2 aromatic heterocycles. The van der Waals surface area contributed by atoms with E-state index in [-0.39, 0.29) is 0 Å². The van der Waals surface area contributed by atoms with Crippen LogP contribution in [-0.4, -0.2) is 36.5 Å². The monoisotopic (exact) mass is 338 g/mol. The van der Waals surface area contributed by atoms with Gasteiger partial charge in [0.05, 0.1) is 7.11 Å². The molecule has 2 heterocycles. The minimum absolute atomic E-state index is 0.396. The molecule has 0 fully saturated rings. The molecule has 0 aliphatic heterocycles. The van der Waals surface area contributed by atoms with Crippen LogP contribution in [0.3, 0.4) is 0 Å². The molecule has 0 radical (unpaired) electrons. The summed E-state index contributed by atoms with van der Waals surface area (Å²) < 4.78 is 25.3. The summed E-state index contributed by atoms with van der Waals surface area (Å²) in [5.74, 6) is 1.09. The predicted octanol–water partition coefficient (Wildman–Crippen LogP) is 2.88. The third-order valence-corrected chi connectivity index (χ3v) is 4.99. The number of methoxy groups -OCH3 is 1. The lowest BCUT2D eigenvalue weighted by atomic mass is 10.2.